The number of halogens is 2. The predicted molar refractivity (Wildman–Crippen MR) is 53.1 cm³/mol. The summed E-state index contributed by atoms with van der Waals surface area (Å²) in [7, 11) is 0. The van der Waals surface area contributed by atoms with Crippen LogP contribution in [-0.2, 0) is 0 Å². The number of nitrogens with two attached hydrogens (primary N) is 1. The van der Waals surface area contributed by atoms with Crippen LogP contribution in [0.1, 0.15) is 5.56 Å². The van der Waals surface area contributed by atoms with E-state index in [2.05, 4.69) is 9.97 Å². The molecule has 0 aliphatic carbocycles. The van der Waals surface area contributed by atoms with E-state index in [9.17, 15) is 8.78 Å². The van der Waals surface area contributed by atoms with Gasteiger partial charge in [-0.2, -0.15) is 0 Å². The van der Waals surface area contributed by atoms with Crippen molar-refractivity contribution in [3.8, 4) is 11.3 Å². The second kappa shape index (κ2) is 3.34. The van der Waals surface area contributed by atoms with Gasteiger partial charge in [0.25, 0.3) is 0 Å². The molecule has 0 aliphatic heterocycles. The number of aromatic amines is 1. The number of aryl methyl sites for hydroxylation is 1. The Bertz CT molecular complexity index is 505. The molecule has 2 aromatic rings. The third-order valence-corrected chi connectivity index (χ3v) is 2.15. The molecule has 2 rings (SSSR count). The number of anilines is 1. The zero-order valence-corrected chi connectivity index (χ0v) is 8.01. The number of nitrogen functional groups attached to an aromatic ring is 1. The lowest BCUT2D eigenvalue weighted by Gasteiger charge is -2.04. The first-order chi connectivity index (χ1) is 7.09. The van der Waals surface area contributed by atoms with Crippen molar-refractivity contribution in [2.24, 2.45) is 0 Å². The number of hydrogen-bond donors (Lipinski definition) is 2. The van der Waals surface area contributed by atoms with Gasteiger partial charge in [0.1, 0.15) is 11.6 Å². The van der Waals surface area contributed by atoms with Crippen molar-refractivity contribution < 1.29 is 8.78 Å². The molecule has 0 fully saturated rings. The molecule has 0 unspecified atom stereocenters. The highest BCUT2D eigenvalue weighted by molar-refractivity contribution is 5.62. The van der Waals surface area contributed by atoms with E-state index >= 15 is 0 Å². The van der Waals surface area contributed by atoms with Crippen LogP contribution >= 0.6 is 0 Å². The normalized spacial score (nSPS) is 10.6. The van der Waals surface area contributed by atoms with Crippen LogP contribution in [0, 0.1) is 18.6 Å². The summed E-state index contributed by atoms with van der Waals surface area (Å²) in [6.45, 7) is 1.57. The van der Waals surface area contributed by atoms with Crippen LogP contribution in [0.4, 0.5) is 14.7 Å². The van der Waals surface area contributed by atoms with Gasteiger partial charge in [-0.05, 0) is 18.6 Å². The van der Waals surface area contributed by atoms with Crippen LogP contribution in [-0.4, -0.2) is 9.97 Å². The van der Waals surface area contributed by atoms with E-state index in [1.54, 1.807) is 6.92 Å². The largest absolute Gasteiger partial charge is 0.369 e. The third kappa shape index (κ3) is 1.56. The van der Waals surface area contributed by atoms with Gasteiger partial charge in [-0.25, -0.2) is 13.8 Å². The summed E-state index contributed by atoms with van der Waals surface area (Å²) in [5.41, 5.74) is 5.83. The highest BCUT2D eigenvalue weighted by atomic mass is 19.1. The second-order valence-corrected chi connectivity index (χ2v) is 3.24. The molecule has 3 N–H and O–H groups in total. The number of nitrogens with zero attached hydrogens (tertiary/aromatic N) is 1. The van der Waals surface area contributed by atoms with Crippen LogP contribution in [0.2, 0.25) is 0 Å². The van der Waals surface area contributed by atoms with Crippen LogP contribution in [0.5, 0.6) is 0 Å². The van der Waals surface area contributed by atoms with Gasteiger partial charge in [0.05, 0.1) is 17.5 Å². The Morgan fingerprint density at radius 2 is 2.07 bits per heavy atom. The molecule has 1 aromatic carbocycles. The van der Waals surface area contributed by atoms with Crippen LogP contribution in [0.15, 0.2) is 18.3 Å². The van der Waals surface area contributed by atoms with Crippen LogP contribution < -0.4 is 5.73 Å². The summed E-state index contributed by atoms with van der Waals surface area (Å²) in [4.78, 5) is 6.28. The molecule has 5 heteroatoms. The minimum Gasteiger partial charge on any atom is -0.369 e. The Morgan fingerprint density at radius 1 is 1.33 bits per heavy atom. The topological polar surface area (TPSA) is 54.7 Å². The summed E-state index contributed by atoms with van der Waals surface area (Å²) >= 11 is 0. The van der Waals surface area contributed by atoms with Gasteiger partial charge in [0.15, 0.2) is 5.95 Å². The quantitative estimate of drug-likeness (QED) is 0.756. The molecule has 0 amide bonds. The van der Waals surface area contributed by atoms with E-state index < -0.39 is 11.6 Å². The molecule has 0 aliphatic rings. The number of imidazole rings is 1. The summed E-state index contributed by atoms with van der Waals surface area (Å²) in [5, 5.41) is 0. The number of rotatable bonds is 1. The minimum absolute atomic E-state index is 0.126. The van der Waals surface area contributed by atoms with E-state index in [4.69, 9.17) is 5.73 Å². The van der Waals surface area contributed by atoms with E-state index in [0.717, 1.165) is 0 Å². The molecule has 0 spiro atoms. The fraction of sp³-hybridized carbons (Fsp3) is 0.100. The number of H-pyrrole nitrogens is 1. The zero-order chi connectivity index (χ0) is 11.0. The van der Waals surface area contributed by atoms with E-state index in [1.807, 2.05) is 0 Å². The smallest absolute Gasteiger partial charge is 0.197 e. The lowest BCUT2D eigenvalue weighted by molar-refractivity contribution is 0.583. The van der Waals surface area contributed by atoms with Gasteiger partial charge in [-0.3, -0.25) is 0 Å². The molecular formula is C10H9F2N3. The van der Waals surface area contributed by atoms with Crippen molar-refractivity contribution in [1.29, 1.82) is 0 Å². The van der Waals surface area contributed by atoms with E-state index in [0.29, 0.717) is 5.56 Å². The second-order valence-electron chi connectivity index (χ2n) is 3.24. The van der Waals surface area contributed by atoms with Gasteiger partial charge in [0.2, 0.25) is 0 Å². The summed E-state index contributed by atoms with van der Waals surface area (Å²) in [6, 6.07) is 2.60. The van der Waals surface area contributed by atoms with Crippen molar-refractivity contribution in [3.05, 3.63) is 35.5 Å². The van der Waals surface area contributed by atoms with Crippen LogP contribution in [0.3, 0.4) is 0 Å². The van der Waals surface area contributed by atoms with Gasteiger partial charge in [-0.1, -0.05) is 6.07 Å². The first-order valence-corrected chi connectivity index (χ1v) is 4.35. The maximum atomic E-state index is 13.6. The first kappa shape index (κ1) is 9.64. The van der Waals surface area contributed by atoms with Crippen LogP contribution in [0.25, 0.3) is 11.3 Å². The fourth-order valence-corrected chi connectivity index (χ4v) is 1.37. The maximum Gasteiger partial charge on any atom is 0.197 e. The highest BCUT2D eigenvalue weighted by Gasteiger charge is 2.15. The molecular weight excluding hydrogens is 200 g/mol. The van der Waals surface area contributed by atoms with Gasteiger partial charge in [0, 0.05) is 0 Å². The maximum absolute atomic E-state index is 13.6. The average molecular weight is 209 g/mol. The molecule has 0 radical (unpaired) electrons. The van der Waals surface area contributed by atoms with Crippen molar-refractivity contribution >= 4 is 5.95 Å². The van der Waals surface area contributed by atoms with Crippen molar-refractivity contribution in [3.63, 3.8) is 0 Å². The molecule has 0 saturated heterocycles. The molecule has 0 saturated carbocycles. The number of benzene rings is 1. The van der Waals surface area contributed by atoms with Crippen molar-refractivity contribution in [1.82, 2.24) is 9.97 Å². The van der Waals surface area contributed by atoms with Crippen molar-refractivity contribution in [2.75, 3.05) is 5.73 Å². The highest BCUT2D eigenvalue weighted by Crippen LogP contribution is 2.26. The zero-order valence-electron chi connectivity index (χ0n) is 8.01. The Kier molecular flexibility index (Phi) is 2.15. The number of nitrogens with one attached hydrogen (secondary N) is 1. The lowest BCUT2D eigenvalue weighted by atomic mass is 10.1. The molecule has 78 valence electrons. The average Bonchev–Trinajstić information content (AvgIpc) is 2.59. The van der Waals surface area contributed by atoms with Crippen molar-refractivity contribution in [2.45, 2.75) is 6.92 Å². The molecule has 0 atom stereocenters. The summed E-state index contributed by atoms with van der Waals surface area (Å²) in [5.74, 6) is -1.11. The minimum atomic E-state index is -0.637. The predicted octanol–water partition coefficient (Wildman–Crippen LogP) is 2.25. The monoisotopic (exact) mass is 209 g/mol. The molecule has 1 heterocycles. The number of hydrogen-bond acceptors (Lipinski definition) is 2. The molecule has 3 nitrogen and oxygen atoms in total. The molecule has 15 heavy (non-hydrogen) atoms. The lowest BCUT2D eigenvalue weighted by Crippen LogP contribution is -1.94. The summed E-state index contributed by atoms with van der Waals surface area (Å²) in [6.07, 6.45) is 1.30. The molecule has 0 bridgehead atoms. The third-order valence-electron chi connectivity index (χ3n) is 2.15. The Morgan fingerprint density at radius 3 is 2.67 bits per heavy atom. The van der Waals surface area contributed by atoms with Gasteiger partial charge >= 0.3 is 0 Å². The van der Waals surface area contributed by atoms with E-state index in [-0.39, 0.29) is 17.2 Å². The van der Waals surface area contributed by atoms with E-state index in [1.165, 1.54) is 18.3 Å². The number of aromatic nitrogens is 2. The van der Waals surface area contributed by atoms with Gasteiger partial charge < -0.3 is 10.7 Å². The molecule has 1 aromatic heterocycles. The standard InChI is InChI=1S/C10H9F2N3/c1-5-2-3-6(11)8(9(5)12)7-4-14-10(13)15-7/h2-4H,1H3,(H3,13,14,15). The first-order valence-electron chi connectivity index (χ1n) is 4.35. The van der Waals surface area contributed by atoms with Gasteiger partial charge in [-0.15, -0.1) is 0 Å². The Hall–Kier alpha value is -1.91. The Balaban J connectivity index is 2.66. The summed E-state index contributed by atoms with van der Waals surface area (Å²) < 4.78 is 27.0. The fourth-order valence-electron chi connectivity index (χ4n) is 1.37. The SMILES string of the molecule is Cc1ccc(F)c(-c2cnc(N)[nH]2)c1F. The Labute approximate surface area is 85.0 Å².